The first-order chi connectivity index (χ1) is 10.4. The topological polar surface area (TPSA) is 139 Å². The molecule has 0 atom stereocenters. The summed E-state index contributed by atoms with van der Waals surface area (Å²) in [4.78, 5) is 23.7. The second-order valence-electron chi connectivity index (χ2n) is 5.30. The van der Waals surface area contributed by atoms with Gasteiger partial charge in [-0.15, -0.1) is 0 Å². The minimum atomic E-state index is -1.07. The Hall–Kier alpha value is -1.22. The summed E-state index contributed by atoms with van der Waals surface area (Å²) < 4.78 is 0. The van der Waals surface area contributed by atoms with Gasteiger partial charge in [-0.3, -0.25) is 14.5 Å². The Kier molecular flexibility index (Phi) is 10.7. The van der Waals surface area contributed by atoms with Gasteiger partial charge in [0.05, 0.1) is 12.8 Å². The third-order valence-electron chi connectivity index (χ3n) is 3.74. The lowest BCUT2D eigenvalue weighted by Crippen LogP contribution is -2.52. The van der Waals surface area contributed by atoms with Gasteiger partial charge in [-0.2, -0.15) is 0 Å². The molecule has 0 rings (SSSR count). The third-order valence-corrected chi connectivity index (χ3v) is 3.74. The normalized spacial score (nSPS) is 11.8. The number of carboxylic acid groups (broad SMARTS) is 2. The van der Waals surface area contributed by atoms with Crippen LogP contribution >= 0.6 is 0 Å². The molecule has 0 heterocycles. The number of nitrogens with zero attached hydrogens (tertiary/aromatic N) is 1. The largest absolute Gasteiger partial charge is 0.481 e. The van der Waals surface area contributed by atoms with Gasteiger partial charge in [0.1, 0.15) is 0 Å². The first-order valence-corrected chi connectivity index (χ1v) is 7.43. The first kappa shape index (κ1) is 20.8. The fraction of sp³-hybridized carbons (Fsp3) is 0.857. The Balaban J connectivity index is 5.24. The molecule has 130 valence electrons. The van der Waals surface area contributed by atoms with Gasteiger partial charge >= 0.3 is 11.9 Å². The lowest BCUT2D eigenvalue weighted by molar-refractivity contribution is -0.141. The summed E-state index contributed by atoms with van der Waals surface area (Å²) in [5.74, 6) is -2.06. The summed E-state index contributed by atoms with van der Waals surface area (Å²) >= 11 is 0. The van der Waals surface area contributed by atoms with Crippen LogP contribution in [0.2, 0.25) is 0 Å². The number of aliphatic hydroxyl groups excluding tert-OH is 3. The highest BCUT2D eigenvalue weighted by atomic mass is 16.4. The van der Waals surface area contributed by atoms with Crippen LogP contribution in [0.1, 0.15) is 38.5 Å². The highest BCUT2D eigenvalue weighted by Gasteiger charge is 2.37. The molecule has 8 heteroatoms. The molecule has 0 aliphatic heterocycles. The number of aliphatic hydroxyl groups is 3. The molecule has 0 spiro atoms. The van der Waals surface area contributed by atoms with Crippen molar-refractivity contribution >= 4 is 11.9 Å². The molecular formula is C14H27NO7. The highest BCUT2D eigenvalue weighted by Crippen LogP contribution is 2.29. The SMILES string of the molecule is O=C(O)CCN(CCCCO)C(CCO)(CCO)CC(=O)O. The monoisotopic (exact) mass is 321 g/mol. The second-order valence-corrected chi connectivity index (χ2v) is 5.30. The van der Waals surface area contributed by atoms with Gasteiger partial charge in [0.2, 0.25) is 0 Å². The van der Waals surface area contributed by atoms with E-state index in [4.69, 9.17) is 15.3 Å². The Morgan fingerprint density at radius 1 is 0.818 bits per heavy atom. The molecule has 0 amide bonds. The van der Waals surface area contributed by atoms with Gasteiger partial charge in [-0.25, -0.2) is 0 Å². The number of carboxylic acids is 2. The molecule has 5 N–H and O–H groups in total. The zero-order valence-electron chi connectivity index (χ0n) is 12.8. The average molecular weight is 321 g/mol. The summed E-state index contributed by atoms with van der Waals surface area (Å²) in [5.41, 5.74) is -0.986. The number of hydrogen-bond donors (Lipinski definition) is 5. The zero-order chi connectivity index (χ0) is 17.0. The van der Waals surface area contributed by atoms with Gasteiger partial charge in [-0.05, 0) is 32.2 Å². The molecule has 8 nitrogen and oxygen atoms in total. The molecule has 0 unspecified atom stereocenters. The van der Waals surface area contributed by atoms with Crippen LogP contribution in [0.5, 0.6) is 0 Å². The number of aliphatic carboxylic acids is 2. The van der Waals surface area contributed by atoms with Gasteiger partial charge in [0, 0.05) is 31.9 Å². The maximum absolute atomic E-state index is 11.2. The number of carbonyl (C=O) groups is 2. The maximum atomic E-state index is 11.2. The lowest BCUT2D eigenvalue weighted by atomic mass is 9.85. The van der Waals surface area contributed by atoms with Crippen molar-refractivity contribution in [2.24, 2.45) is 0 Å². The van der Waals surface area contributed by atoms with Crippen LogP contribution in [-0.4, -0.2) is 80.8 Å². The van der Waals surface area contributed by atoms with E-state index >= 15 is 0 Å². The van der Waals surface area contributed by atoms with Crippen molar-refractivity contribution in [1.82, 2.24) is 4.90 Å². The van der Waals surface area contributed by atoms with Crippen molar-refractivity contribution in [1.29, 1.82) is 0 Å². The van der Waals surface area contributed by atoms with E-state index in [1.54, 1.807) is 4.90 Å². The molecule has 22 heavy (non-hydrogen) atoms. The van der Waals surface area contributed by atoms with Gasteiger partial charge in [0.25, 0.3) is 0 Å². The first-order valence-electron chi connectivity index (χ1n) is 7.43. The standard InChI is InChI=1S/C14H27NO7/c16-8-2-1-6-15(7-3-12(19)20)14(4-9-17,5-10-18)11-13(21)22/h16-18H,1-11H2,(H,19,20)(H,21,22). The smallest absolute Gasteiger partial charge is 0.305 e. The minimum Gasteiger partial charge on any atom is -0.481 e. The molecule has 0 aromatic rings. The van der Waals surface area contributed by atoms with Crippen molar-refractivity contribution < 1.29 is 35.1 Å². The fourth-order valence-corrected chi connectivity index (χ4v) is 2.66. The van der Waals surface area contributed by atoms with E-state index in [2.05, 4.69) is 0 Å². The molecule has 0 aliphatic carbocycles. The Labute approximate surface area is 130 Å². The number of hydrogen-bond acceptors (Lipinski definition) is 6. The Bertz CT molecular complexity index is 329. The van der Waals surface area contributed by atoms with Crippen LogP contribution in [0.25, 0.3) is 0 Å². The van der Waals surface area contributed by atoms with Gasteiger partial charge in [0.15, 0.2) is 0 Å². The van der Waals surface area contributed by atoms with E-state index in [9.17, 15) is 19.8 Å². The van der Waals surface area contributed by atoms with Crippen molar-refractivity contribution in [3.8, 4) is 0 Å². The number of rotatable bonds is 14. The zero-order valence-corrected chi connectivity index (χ0v) is 12.8. The maximum Gasteiger partial charge on any atom is 0.305 e. The summed E-state index contributed by atoms with van der Waals surface area (Å²) in [6.45, 7) is 0.0293. The van der Waals surface area contributed by atoms with Crippen LogP contribution in [0.3, 0.4) is 0 Å². The van der Waals surface area contributed by atoms with Crippen molar-refractivity contribution in [2.45, 2.75) is 44.1 Å². The molecule has 0 aliphatic rings. The molecule has 0 fully saturated rings. The van der Waals surface area contributed by atoms with Crippen LogP contribution in [-0.2, 0) is 9.59 Å². The fourth-order valence-electron chi connectivity index (χ4n) is 2.66. The minimum absolute atomic E-state index is 0.00129. The van der Waals surface area contributed by atoms with Crippen molar-refractivity contribution in [2.75, 3.05) is 32.9 Å². The van der Waals surface area contributed by atoms with Gasteiger partial charge < -0.3 is 25.5 Å². The molecule has 0 aromatic carbocycles. The van der Waals surface area contributed by atoms with E-state index in [0.717, 1.165) is 0 Å². The highest BCUT2D eigenvalue weighted by molar-refractivity contribution is 5.68. The number of unbranched alkanes of at least 4 members (excludes halogenated alkanes) is 1. The summed E-state index contributed by atoms with van der Waals surface area (Å²) in [6, 6.07) is 0. The van der Waals surface area contributed by atoms with Crippen LogP contribution in [0.15, 0.2) is 0 Å². The van der Waals surface area contributed by atoms with Crippen LogP contribution < -0.4 is 0 Å². The Morgan fingerprint density at radius 3 is 1.82 bits per heavy atom. The quantitative estimate of drug-likeness (QED) is 0.270. The van der Waals surface area contributed by atoms with Crippen LogP contribution in [0, 0.1) is 0 Å². The summed E-state index contributed by atoms with van der Waals surface area (Å²) in [5, 5.41) is 45.4. The molecule has 0 saturated heterocycles. The van der Waals surface area contributed by atoms with E-state index in [0.29, 0.717) is 19.4 Å². The third kappa shape index (κ3) is 7.69. The van der Waals surface area contributed by atoms with Crippen LogP contribution in [0.4, 0.5) is 0 Å². The van der Waals surface area contributed by atoms with E-state index in [1.165, 1.54) is 0 Å². The molecule has 0 aromatic heterocycles. The average Bonchev–Trinajstić information content (AvgIpc) is 2.42. The predicted octanol–water partition coefficient (Wildman–Crippen LogP) is -0.486. The van der Waals surface area contributed by atoms with Gasteiger partial charge in [-0.1, -0.05) is 0 Å². The van der Waals surface area contributed by atoms with Crippen molar-refractivity contribution in [3.05, 3.63) is 0 Å². The Morgan fingerprint density at radius 2 is 1.41 bits per heavy atom. The second kappa shape index (κ2) is 11.4. The predicted molar refractivity (Wildman–Crippen MR) is 78.5 cm³/mol. The molecular weight excluding hydrogens is 294 g/mol. The van der Waals surface area contributed by atoms with Crippen molar-refractivity contribution in [3.63, 3.8) is 0 Å². The molecule has 0 saturated carbocycles. The lowest BCUT2D eigenvalue weighted by Gasteiger charge is -2.43. The summed E-state index contributed by atoms with van der Waals surface area (Å²) in [6.07, 6.45) is 0.931. The van der Waals surface area contributed by atoms with E-state index in [-0.39, 0.29) is 52.0 Å². The van der Waals surface area contributed by atoms with E-state index in [1.807, 2.05) is 0 Å². The molecule has 0 radical (unpaired) electrons. The van der Waals surface area contributed by atoms with E-state index < -0.39 is 17.5 Å². The summed E-state index contributed by atoms with van der Waals surface area (Å²) in [7, 11) is 0. The molecule has 0 bridgehead atoms.